The first-order chi connectivity index (χ1) is 16.5. The molecule has 1 aromatic heterocycles. The minimum Gasteiger partial charge on any atom is -0.486 e. The largest absolute Gasteiger partial charge is 0.486 e. The first-order valence-electron chi connectivity index (χ1n) is 10.9. The number of fused-ring (bicyclic) bond motifs is 1. The highest BCUT2D eigenvalue weighted by Crippen LogP contribution is 2.33. The molecular formula is C25H25N5O4. The first-order valence-corrected chi connectivity index (χ1v) is 10.9. The summed E-state index contributed by atoms with van der Waals surface area (Å²) in [6.07, 6.45) is 0.237. The molecule has 4 rings (SSSR count). The van der Waals surface area contributed by atoms with Crippen LogP contribution in [0, 0.1) is 11.8 Å². The minimum absolute atomic E-state index is 0.0169. The van der Waals surface area contributed by atoms with E-state index in [1.165, 1.54) is 4.90 Å². The van der Waals surface area contributed by atoms with E-state index in [0.717, 1.165) is 5.56 Å². The number of carbonyl (C=O) groups is 2. The van der Waals surface area contributed by atoms with Gasteiger partial charge in [0.2, 0.25) is 5.82 Å². The summed E-state index contributed by atoms with van der Waals surface area (Å²) in [6, 6.07) is 14.0. The lowest BCUT2D eigenvalue weighted by Crippen LogP contribution is -2.53. The van der Waals surface area contributed by atoms with E-state index in [2.05, 4.69) is 32.3 Å². The van der Waals surface area contributed by atoms with Crippen molar-refractivity contribution >= 4 is 17.5 Å². The Morgan fingerprint density at radius 2 is 2.06 bits per heavy atom. The third-order valence-electron chi connectivity index (χ3n) is 5.40. The summed E-state index contributed by atoms with van der Waals surface area (Å²) in [4.78, 5) is 31.8. The number of aliphatic hydroxyl groups excluding tert-OH is 1. The number of hydrogen-bond acceptors (Lipinski definition) is 6. The maximum absolute atomic E-state index is 13.2. The molecule has 2 heterocycles. The van der Waals surface area contributed by atoms with Crippen LogP contribution in [-0.2, 0) is 11.2 Å². The average molecular weight is 460 g/mol. The lowest BCUT2D eigenvalue weighted by atomic mass is 10.1. The zero-order chi connectivity index (χ0) is 24.1. The molecule has 3 N–H and O–H groups in total. The Morgan fingerprint density at radius 1 is 1.26 bits per heavy atom. The molecule has 174 valence electrons. The lowest BCUT2D eigenvalue weighted by molar-refractivity contribution is -0.121. The van der Waals surface area contributed by atoms with Crippen LogP contribution < -0.4 is 15.0 Å². The Labute approximate surface area is 197 Å². The van der Waals surface area contributed by atoms with Crippen LogP contribution in [-0.4, -0.2) is 57.9 Å². The van der Waals surface area contributed by atoms with Gasteiger partial charge in [-0.3, -0.25) is 14.7 Å². The molecule has 0 spiro atoms. The van der Waals surface area contributed by atoms with Crippen LogP contribution >= 0.6 is 0 Å². The van der Waals surface area contributed by atoms with E-state index in [1.807, 2.05) is 30.3 Å². The molecule has 0 saturated heterocycles. The van der Waals surface area contributed by atoms with Gasteiger partial charge < -0.3 is 20.1 Å². The molecule has 1 aliphatic rings. The number of aromatic amines is 1. The highest BCUT2D eigenvalue weighted by atomic mass is 16.5. The molecule has 0 saturated carbocycles. The van der Waals surface area contributed by atoms with Gasteiger partial charge in [0, 0.05) is 25.5 Å². The molecule has 2 amide bonds. The van der Waals surface area contributed by atoms with Crippen LogP contribution in [0.4, 0.5) is 5.69 Å². The number of carbonyl (C=O) groups excluding carboxylic acids is 2. The van der Waals surface area contributed by atoms with Crippen LogP contribution in [0.25, 0.3) is 0 Å². The predicted molar refractivity (Wildman–Crippen MR) is 125 cm³/mol. The summed E-state index contributed by atoms with van der Waals surface area (Å²) in [5.74, 6) is 5.93. The molecule has 1 aliphatic heterocycles. The maximum atomic E-state index is 13.2. The summed E-state index contributed by atoms with van der Waals surface area (Å²) in [5.41, 5.74) is 2.27. The number of H-pyrrole nitrogens is 1. The van der Waals surface area contributed by atoms with E-state index in [-0.39, 0.29) is 18.3 Å². The van der Waals surface area contributed by atoms with Crippen molar-refractivity contribution in [2.24, 2.45) is 0 Å². The third-order valence-corrected chi connectivity index (χ3v) is 5.40. The number of hydrogen-bond donors (Lipinski definition) is 3. The van der Waals surface area contributed by atoms with Crippen molar-refractivity contribution in [1.29, 1.82) is 0 Å². The van der Waals surface area contributed by atoms with Gasteiger partial charge in [-0.2, -0.15) is 0 Å². The fourth-order valence-corrected chi connectivity index (χ4v) is 3.62. The second kappa shape index (κ2) is 10.2. The number of ether oxygens (including phenoxy) is 1. The molecule has 3 aromatic rings. The topological polar surface area (TPSA) is 120 Å². The molecule has 0 fully saturated rings. The van der Waals surface area contributed by atoms with Crippen LogP contribution in [0.2, 0.25) is 0 Å². The van der Waals surface area contributed by atoms with E-state index in [4.69, 9.17) is 9.84 Å². The van der Waals surface area contributed by atoms with Crippen molar-refractivity contribution in [3.8, 4) is 17.6 Å². The molecule has 9 heteroatoms. The normalized spacial score (nSPS) is 17.1. The number of likely N-dealkylation sites (N-methyl/N-ethyl adjacent to an activating group) is 1. The van der Waals surface area contributed by atoms with Crippen LogP contribution in [0.3, 0.4) is 0 Å². The lowest BCUT2D eigenvalue weighted by Gasteiger charge is -2.23. The SMILES string of the molecule is C[C@H]1Oc2ccc(C#CCCO)cc2N(C)C(=O)[C@H]1NC(=O)c1n[nH]c(Cc2ccccc2)n1. The molecule has 9 nitrogen and oxygen atoms in total. The molecule has 0 unspecified atom stereocenters. The van der Waals surface area contributed by atoms with Gasteiger partial charge in [-0.05, 0) is 30.7 Å². The molecule has 2 atom stereocenters. The Morgan fingerprint density at radius 3 is 2.82 bits per heavy atom. The predicted octanol–water partition coefficient (Wildman–Crippen LogP) is 1.67. The van der Waals surface area contributed by atoms with Crippen LogP contribution in [0.1, 0.15) is 40.9 Å². The van der Waals surface area contributed by atoms with Crippen LogP contribution in [0.5, 0.6) is 5.75 Å². The van der Waals surface area contributed by atoms with Crippen molar-refractivity contribution in [1.82, 2.24) is 20.5 Å². The van der Waals surface area contributed by atoms with Gasteiger partial charge >= 0.3 is 0 Å². The molecule has 0 bridgehead atoms. The first kappa shape index (κ1) is 23.0. The molecule has 2 aromatic carbocycles. The van der Waals surface area contributed by atoms with Gasteiger partial charge in [-0.15, -0.1) is 5.10 Å². The van der Waals surface area contributed by atoms with Crippen LogP contribution in [0.15, 0.2) is 48.5 Å². The highest BCUT2D eigenvalue weighted by Gasteiger charge is 2.36. The minimum atomic E-state index is -0.940. The molecule has 0 aliphatic carbocycles. The average Bonchev–Trinajstić information content (AvgIpc) is 3.28. The molecule has 0 radical (unpaired) electrons. The smallest absolute Gasteiger partial charge is 0.291 e. The monoisotopic (exact) mass is 459 g/mol. The zero-order valence-electron chi connectivity index (χ0n) is 18.9. The number of nitrogens with one attached hydrogen (secondary N) is 2. The van der Waals surface area contributed by atoms with Crippen molar-refractivity contribution < 1.29 is 19.4 Å². The van der Waals surface area contributed by atoms with Crippen molar-refractivity contribution in [2.45, 2.75) is 31.9 Å². The second-order valence-corrected chi connectivity index (χ2v) is 7.90. The van der Waals surface area contributed by atoms with Gasteiger partial charge in [-0.1, -0.05) is 42.2 Å². The number of anilines is 1. The molecular weight excluding hydrogens is 434 g/mol. The summed E-state index contributed by atoms with van der Waals surface area (Å²) in [7, 11) is 1.62. The van der Waals surface area contributed by atoms with Crippen molar-refractivity contribution in [2.75, 3.05) is 18.6 Å². The summed E-state index contributed by atoms with van der Waals surface area (Å²) < 4.78 is 6.00. The number of aromatic nitrogens is 3. The Balaban J connectivity index is 1.49. The Bertz CT molecular complexity index is 1240. The van der Waals surface area contributed by atoms with E-state index in [0.29, 0.717) is 35.7 Å². The highest BCUT2D eigenvalue weighted by molar-refractivity contribution is 6.02. The number of amides is 2. The zero-order valence-corrected chi connectivity index (χ0v) is 18.9. The van der Waals surface area contributed by atoms with Gasteiger partial charge in [0.25, 0.3) is 11.8 Å². The summed E-state index contributed by atoms with van der Waals surface area (Å²) >= 11 is 0. The number of nitrogens with zero attached hydrogens (tertiary/aromatic N) is 3. The summed E-state index contributed by atoms with van der Waals surface area (Å²) in [5, 5.41) is 18.4. The maximum Gasteiger partial charge on any atom is 0.291 e. The third kappa shape index (κ3) is 5.08. The second-order valence-electron chi connectivity index (χ2n) is 7.90. The number of rotatable bonds is 5. The van der Waals surface area contributed by atoms with Gasteiger partial charge in [-0.25, -0.2) is 4.98 Å². The van der Waals surface area contributed by atoms with E-state index >= 15 is 0 Å². The number of aliphatic hydroxyl groups is 1. The quantitative estimate of drug-likeness (QED) is 0.499. The fraction of sp³-hybridized carbons (Fsp3) is 0.280. The van der Waals surface area contributed by atoms with E-state index < -0.39 is 18.1 Å². The van der Waals surface area contributed by atoms with Gasteiger partial charge in [0.15, 0.2) is 0 Å². The summed E-state index contributed by atoms with van der Waals surface area (Å²) in [6.45, 7) is 1.70. The number of benzene rings is 2. The Kier molecular flexibility index (Phi) is 6.90. The Hall–Kier alpha value is -4.16. The van der Waals surface area contributed by atoms with Crippen molar-refractivity contribution in [3.05, 3.63) is 71.3 Å². The molecule has 34 heavy (non-hydrogen) atoms. The van der Waals surface area contributed by atoms with Crippen molar-refractivity contribution in [3.63, 3.8) is 0 Å². The van der Waals surface area contributed by atoms with E-state index in [1.54, 1.807) is 32.2 Å². The van der Waals surface area contributed by atoms with Gasteiger partial charge in [0.05, 0.1) is 12.3 Å². The standard InChI is InChI=1S/C25H25N5O4/c1-16-22(27-24(32)23-26-21(28-29-23)15-17-8-4-3-5-9-17)25(33)30(2)19-14-18(10-6-7-13-31)11-12-20(19)34-16/h3-5,8-9,11-12,14,16,22,31H,7,13,15H2,1-2H3,(H,27,32)(H,26,28,29)/t16-,22+/m1/s1. The van der Waals surface area contributed by atoms with E-state index in [9.17, 15) is 9.59 Å². The van der Waals surface area contributed by atoms with Gasteiger partial charge in [0.1, 0.15) is 23.7 Å². The fourth-order valence-electron chi connectivity index (χ4n) is 3.62.